The average molecular weight is 191 g/mol. The lowest BCUT2D eigenvalue weighted by Gasteiger charge is -2.14. The highest BCUT2D eigenvalue weighted by Crippen LogP contribution is 2.32. The highest BCUT2D eigenvalue weighted by molar-refractivity contribution is 5.43. The van der Waals surface area contributed by atoms with E-state index in [0.717, 1.165) is 25.2 Å². The van der Waals surface area contributed by atoms with Gasteiger partial charge in [-0.05, 0) is 43.9 Å². The predicted octanol–water partition coefficient (Wildman–Crippen LogP) is 2.48. The molecule has 1 heterocycles. The van der Waals surface area contributed by atoms with Gasteiger partial charge in [-0.2, -0.15) is 0 Å². The van der Waals surface area contributed by atoms with Gasteiger partial charge in [0.1, 0.15) is 5.75 Å². The van der Waals surface area contributed by atoms with E-state index in [1.54, 1.807) is 0 Å². The van der Waals surface area contributed by atoms with Crippen molar-refractivity contribution in [2.45, 2.75) is 32.7 Å². The molecule has 1 aliphatic rings. The Bertz CT molecular complexity index is 346. The van der Waals surface area contributed by atoms with Gasteiger partial charge >= 0.3 is 0 Å². The lowest BCUT2D eigenvalue weighted by atomic mass is 9.98. The number of nitrogens with two attached hydrogens (primary N) is 1. The van der Waals surface area contributed by atoms with Crippen molar-refractivity contribution < 1.29 is 4.74 Å². The summed E-state index contributed by atoms with van der Waals surface area (Å²) in [6, 6.07) is 4.42. The molecule has 1 aromatic carbocycles. The number of hydrogen-bond acceptors (Lipinski definition) is 2. The average Bonchev–Trinajstić information content (AvgIpc) is 2.31. The second-order valence-corrected chi connectivity index (χ2v) is 4.07. The van der Waals surface area contributed by atoms with Crippen LogP contribution in [-0.4, -0.2) is 6.61 Å². The van der Waals surface area contributed by atoms with Crippen molar-refractivity contribution >= 4 is 0 Å². The molecule has 1 atom stereocenters. The van der Waals surface area contributed by atoms with Crippen LogP contribution in [0.5, 0.6) is 5.75 Å². The summed E-state index contributed by atoms with van der Waals surface area (Å²) in [4.78, 5) is 0. The van der Waals surface area contributed by atoms with Gasteiger partial charge in [0.05, 0.1) is 6.61 Å². The second kappa shape index (κ2) is 3.62. The van der Waals surface area contributed by atoms with Gasteiger partial charge in [-0.25, -0.2) is 0 Å². The predicted molar refractivity (Wildman–Crippen MR) is 57.6 cm³/mol. The van der Waals surface area contributed by atoms with Gasteiger partial charge in [0.15, 0.2) is 0 Å². The van der Waals surface area contributed by atoms with E-state index in [1.807, 2.05) is 0 Å². The fourth-order valence-electron chi connectivity index (χ4n) is 1.87. The molecule has 76 valence electrons. The molecule has 0 saturated heterocycles. The zero-order chi connectivity index (χ0) is 10.1. The maximum atomic E-state index is 6.09. The second-order valence-electron chi connectivity index (χ2n) is 4.07. The number of aryl methyl sites for hydroxylation is 2. The number of fused-ring (bicyclic) bond motifs is 1. The fourth-order valence-corrected chi connectivity index (χ4v) is 1.87. The summed E-state index contributed by atoms with van der Waals surface area (Å²) in [6.45, 7) is 5.02. The molecule has 1 unspecified atom stereocenters. The molecule has 1 aromatic rings. The first-order chi connectivity index (χ1) is 6.68. The van der Waals surface area contributed by atoms with E-state index in [0.29, 0.717) is 0 Å². The van der Waals surface area contributed by atoms with Gasteiger partial charge in [-0.3, -0.25) is 0 Å². The van der Waals surface area contributed by atoms with Gasteiger partial charge in [0.25, 0.3) is 0 Å². The van der Waals surface area contributed by atoms with Crippen LogP contribution in [-0.2, 0) is 0 Å². The van der Waals surface area contributed by atoms with E-state index in [-0.39, 0.29) is 6.04 Å². The summed E-state index contributed by atoms with van der Waals surface area (Å²) in [5.41, 5.74) is 9.83. The van der Waals surface area contributed by atoms with Crippen LogP contribution in [0.1, 0.15) is 35.6 Å². The molecule has 2 rings (SSSR count). The van der Waals surface area contributed by atoms with Crippen LogP contribution in [0.15, 0.2) is 12.1 Å². The Labute approximate surface area is 85.1 Å². The molecule has 0 fully saturated rings. The molecule has 0 bridgehead atoms. The Kier molecular flexibility index (Phi) is 2.46. The zero-order valence-electron chi connectivity index (χ0n) is 8.84. The molecule has 0 spiro atoms. The number of hydrogen-bond donors (Lipinski definition) is 1. The van der Waals surface area contributed by atoms with Gasteiger partial charge in [-0.1, -0.05) is 6.07 Å². The molecule has 0 radical (unpaired) electrons. The van der Waals surface area contributed by atoms with E-state index in [1.165, 1.54) is 16.7 Å². The topological polar surface area (TPSA) is 35.2 Å². The lowest BCUT2D eigenvalue weighted by Crippen LogP contribution is -2.09. The van der Waals surface area contributed by atoms with Gasteiger partial charge in [0.2, 0.25) is 0 Å². The third kappa shape index (κ3) is 1.62. The van der Waals surface area contributed by atoms with Gasteiger partial charge < -0.3 is 10.5 Å². The molecule has 1 aliphatic heterocycles. The van der Waals surface area contributed by atoms with Crippen molar-refractivity contribution in [1.29, 1.82) is 0 Å². The van der Waals surface area contributed by atoms with Crippen molar-refractivity contribution in [3.05, 3.63) is 28.8 Å². The summed E-state index contributed by atoms with van der Waals surface area (Å²) >= 11 is 0. The monoisotopic (exact) mass is 191 g/mol. The number of rotatable bonds is 0. The third-order valence-corrected chi connectivity index (χ3v) is 2.94. The standard InChI is InChI=1S/C12H17NO/c1-8-6-10-11(13)4-3-5-14-12(10)7-9(8)2/h6-7,11H,3-5,13H2,1-2H3. The Morgan fingerprint density at radius 2 is 2.00 bits per heavy atom. The first-order valence-electron chi connectivity index (χ1n) is 5.18. The molecule has 0 aromatic heterocycles. The summed E-state index contributed by atoms with van der Waals surface area (Å²) in [6.07, 6.45) is 2.07. The molecule has 2 N–H and O–H groups in total. The smallest absolute Gasteiger partial charge is 0.124 e. The number of ether oxygens (including phenoxy) is 1. The molecule has 2 nitrogen and oxygen atoms in total. The van der Waals surface area contributed by atoms with Crippen LogP contribution in [0.25, 0.3) is 0 Å². The third-order valence-electron chi connectivity index (χ3n) is 2.94. The van der Waals surface area contributed by atoms with Crippen LogP contribution < -0.4 is 10.5 Å². The minimum absolute atomic E-state index is 0.145. The maximum Gasteiger partial charge on any atom is 0.124 e. The Balaban J connectivity index is 2.49. The lowest BCUT2D eigenvalue weighted by molar-refractivity contribution is 0.316. The Hall–Kier alpha value is -1.02. The SMILES string of the molecule is Cc1cc2c(cc1C)C(N)CCCO2. The van der Waals surface area contributed by atoms with E-state index < -0.39 is 0 Å². The van der Waals surface area contributed by atoms with Crippen molar-refractivity contribution in [1.82, 2.24) is 0 Å². The highest BCUT2D eigenvalue weighted by atomic mass is 16.5. The molecule has 2 heteroatoms. The van der Waals surface area contributed by atoms with E-state index in [4.69, 9.17) is 10.5 Å². The van der Waals surface area contributed by atoms with Crippen molar-refractivity contribution in [3.63, 3.8) is 0 Å². The summed E-state index contributed by atoms with van der Waals surface area (Å²) in [5.74, 6) is 0.984. The Morgan fingerprint density at radius 3 is 2.79 bits per heavy atom. The van der Waals surface area contributed by atoms with Crippen molar-refractivity contribution in [3.8, 4) is 5.75 Å². The van der Waals surface area contributed by atoms with Crippen LogP contribution in [0.4, 0.5) is 0 Å². The summed E-state index contributed by atoms with van der Waals surface area (Å²) in [7, 11) is 0. The molecular weight excluding hydrogens is 174 g/mol. The zero-order valence-corrected chi connectivity index (χ0v) is 8.84. The van der Waals surface area contributed by atoms with Crippen LogP contribution in [0.3, 0.4) is 0 Å². The van der Waals surface area contributed by atoms with Gasteiger partial charge in [-0.15, -0.1) is 0 Å². The summed E-state index contributed by atoms with van der Waals surface area (Å²) in [5, 5.41) is 0. The van der Waals surface area contributed by atoms with Crippen molar-refractivity contribution in [2.75, 3.05) is 6.61 Å². The first-order valence-corrected chi connectivity index (χ1v) is 5.18. The highest BCUT2D eigenvalue weighted by Gasteiger charge is 2.16. The maximum absolute atomic E-state index is 6.09. The van der Waals surface area contributed by atoms with Gasteiger partial charge in [0, 0.05) is 11.6 Å². The fraction of sp³-hybridized carbons (Fsp3) is 0.500. The first kappa shape index (κ1) is 9.53. The molecule has 0 saturated carbocycles. The molecular formula is C12H17NO. The minimum Gasteiger partial charge on any atom is -0.493 e. The normalized spacial score (nSPS) is 20.9. The van der Waals surface area contributed by atoms with Crippen LogP contribution in [0.2, 0.25) is 0 Å². The van der Waals surface area contributed by atoms with Crippen LogP contribution >= 0.6 is 0 Å². The molecule has 14 heavy (non-hydrogen) atoms. The van der Waals surface area contributed by atoms with E-state index >= 15 is 0 Å². The largest absolute Gasteiger partial charge is 0.493 e. The quantitative estimate of drug-likeness (QED) is 0.683. The minimum atomic E-state index is 0.145. The molecule has 0 aliphatic carbocycles. The van der Waals surface area contributed by atoms with Crippen LogP contribution in [0, 0.1) is 13.8 Å². The van der Waals surface area contributed by atoms with Crippen molar-refractivity contribution in [2.24, 2.45) is 5.73 Å². The Morgan fingerprint density at radius 1 is 1.29 bits per heavy atom. The summed E-state index contributed by atoms with van der Waals surface area (Å²) < 4.78 is 5.67. The number of benzene rings is 1. The van der Waals surface area contributed by atoms with E-state index in [2.05, 4.69) is 26.0 Å². The van der Waals surface area contributed by atoms with E-state index in [9.17, 15) is 0 Å². The molecule has 0 amide bonds.